The van der Waals surface area contributed by atoms with Crippen molar-refractivity contribution in [1.82, 2.24) is 19.7 Å². The molecule has 2 N–H and O–H groups in total. The molecular formula is C23H30F3N5O. The van der Waals surface area contributed by atoms with E-state index in [1.165, 1.54) is 19.0 Å². The van der Waals surface area contributed by atoms with E-state index in [1.54, 1.807) is 0 Å². The number of aromatic nitrogens is 3. The predicted molar refractivity (Wildman–Crippen MR) is 115 cm³/mol. The molecule has 2 saturated carbocycles. The fraction of sp³-hybridized carbons (Fsp3) is 0.652. The van der Waals surface area contributed by atoms with Gasteiger partial charge in [0.1, 0.15) is 5.82 Å². The van der Waals surface area contributed by atoms with Gasteiger partial charge in [0.05, 0.1) is 24.5 Å². The molecule has 5 rings (SSSR count). The molecule has 174 valence electrons. The first kappa shape index (κ1) is 21.7. The molecule has 2 aliphatic carbocycles. The summed E-state index contributed by atoms with van der Waals surface area (Å²) in [6.07, 6.45) is -0.833. The number of hydrogen-bond acceptors (Lipinski definition) is 5. The Hall–Kier alpha value is -2.13. The van der Waals surface area contributed by atoms with E-state index in [2.05, 4.69) is 35.9 Å². The van der Waals surface area contributed by atoms with Gasteiger partial charge >= 0.3 is 6.18 Å². The van der Waals surface area contributed by atoms with Crippen LogP contribution >= 0.6 is 0 Å². The van der Waals surface area contributed by atoms with Crippen LogP contribution in [0.3, 0.4) is 0 Å². The van der Waals surface area contributed by atoms with Gasteiger partial charge in [0.25, 0.3) is 0 Å². The first-order valence-electron chi connectivity index (χ1n) is 11.3. The Morgan fingerprint density at radius 2 is 1.91 bits per heavy atom. The highest BCUT2D eigenvalue weighted by Crippen LogP contribution is 2.64. The highest BCUT2D eigenvalue weighted by Gasteiger charge is 2.58. The van der Waals surface area contributed by atoms with Gasteiger partial charge in [-0.3, -0.25) is 4.68 Å². The summed E-state index contributed by atoms with van der Waals surface area (Å²) in [4.78, 5) is 6.27. The van der Waals surface area contributed by atoms with Crippen molar-refractivity contribution in [3.8, 4) is 11.3 Å². The third-order valence-electron chi connectivity index (χ3n) is 7.41. The Bertz CT molecular complexity index is 988. The van der Waals surface area contributed by atoms with E-state index in [9.17, 15) is 13.2 Å². The number of pyridine rings is 1. The van der Waals surface area contributed by atoms with Crippen molar-refractivity contribution in [3.63, 3.8) is 0 Å². The molecule has 0 amide bonds. The van der Waals surface area contributed by atoms with Gasteiger partial charge < -0.3 is 15.4 Å². The molecule has 3 aliphatic rings. The van der Waals surface area contributed by atoms with Gasteiger partial charge in [0.2, 0.25) is 0 Å². The second-order valence-electron chi connectivity index (χ2n) is 9.97. The minimum Gasteiger partial charge on any atom is -0.383 e. The van der Waals surface area contributed by atoms with Crippen molar-refractivity contribution >= 4 is 5.82 Å². The van der Waals surface area contributed by atoms with Crippen LogP contribution in [-0.4, -0.2) is 52.5 Å². The molecule has 0 bridgehead atoms. The average Bonchev–Trinajstić information content (AvgIpc) is 3.06. The standard InChI is InChI=1S/C23H30F3N5O/c1-12(2)31-20(7-19(29-31)14-4-18(23(24,25)26)22(27)28-8-14)21-16-5-15(6-17(16)21)30(3)9-13-10-32-11-13/h4,7-8,12-13,15-17,21H,5-6,9-11H2,1-3H3,(H2,27,28)/t15-,16+,17-,21-. The summed E-state index contributed by atoms with van der Waals surface area (Å²) in [7, 11) is 2.21. The predicted octanol–water partition coefficient (Wildman–Crippen LogP) is 4.20. The number of nitrogens with two attached hydrogens (primary N) is 1. The maximum Gasteiger partial charge on any atom is 0.419 e. The number of rotatable bonds is 6. The van der Waals surface area contributed by atoms with Gasteiger partial charge in [-0.15, -0.1) is 0 Å². The van der Waals surface area contributed by atoms with Gasteiger partial charge in [0.15, 0.2) is 0 Å². The Morgan fingerprint density at radius 3 is 2.47 bits per heavy atom. The van der Waals surface area contributed by atoms with Gasteiger partial charge in [-0.25, -0.2) is 4.98 Å². The molecule has 0 aromatic carbocycles. The van der Waals surface area contributed by atoms with E-state index in [0.29, 0.717) is 41.0 Å². The normalized spacial score (nSPS) is 27.8. The zero-order valence-electron chi connectivity index (χ0n) is 18.6. The lowest BCUT2D eigenvalue weighted by atomic mass is 10.0. The third kappa shape index (κ3) is 3.79. The Labute approximate surface area is 185 Å². The number of halogens is 3. The Kier molecular flexibility index (Phi) is 5.24. The Balaban J connectivity index is 1.35. The highest BCUT2D eigenvalue weighted by atomic mass is 19.4. The second kappa shape index (κ2) is 7.73. The summed E-state index contributed by atoms with van der Waals surface area (Å²) in [6, 6.07) is 3.75. The quantitative estimate of drug-likeness (QED) is 0.716. The lowest BCUT2D eigenvalue weighted by Crippen LogP contribution is -2.42. The van der Waals surface area contributed by atoms with Crippen LogP contribution in [0.2, 0.25) is 0 Å². The largest absolute Gasteiger partial charge is 0.419 e. The summed E-state index contributed by atoms with van der Waals surface area (Å²) in [5, 5.41) is 4.68. The number of anilines is 1. The van der Waals surface area contributed by atoms with E-state index < -0.39 is 17.6 Å². The van der Waals surface area contributed by atoms with Crippen molar-refractivity contribution in [2.45, 2.75) is 50.9 Å². The molecule has 0 radical (unpaired) electrons. The van der Waals surface area contributed by atoms with Crippen LogP contribution in [0, 0.1) is 17.8 Å². The van der Waals surface area contributed by atoms with Crippen LogP contribution in [0.1, 0.15) is 49.9 Å². The summed E-state index contributed by atoms with van der Waals surface area (Å²) < 4.78 is 47.2. The lowest BCUT2D eigenvalue weighted by molar-refractivity contribution is -0.137. The van der Waals surface area contributed by atoms with Crippen LogP contribution in [0.25, 0.3) is 11.3 Å². The zero-order chi connectivity index (χ0) is 22.8. The van der Waals surface area contributed by atoms with Crippen LogP contribution in [0.5, 0.6) is 0 Å². The average molecular weight is 450 g/mol. The molecule has 32 heavy (non-hydrogen) atoms. The fourth-order valence-corrected chi connectivity index (χ4v) is 5.61. The lowest BCUT2D eigenvalue weighted by Gasteiger charge is -2.34. The molecule has 6 nitrogen and oxygen atoms in total. The first-order chi connectivity index (χ1) is 15.1. The second-order valence-corrected chi connectivity index (χ2v) is 9.97. The van der Waals surface area contributed by atoms with Crippen molar-refractivity contribution in [2.24, 2.45) is 17.8 Å². The number of alkyl halides is 3. The maximum atomic E-state index is 13.3. The van der Waals surface area contributed by atoms with Gasteiger partial charge in [0, 0.05) is 47.9 Å². The molecule has 0 unspecified atom stereocenters. The van der Waals surface area contributed by atoms with Crippen molar-refractivity contribution in [3.05, 3.63) is 29.6 Å². The summed E-state index contributed by atoms with van der Waals surface area (Å²) in [5.41, 5.74) is 6.55. The monoisotopic (exact) mass is 449 g/mol. The number of nitrogen functional groups attached to an aromatic ring is 1. The van der Waals surface area contributed by atoms with Crippen LogP contribution in [-0.2, 0) is 10.9 Å². The fourth-order valence-electron chi connectivity index (χ4n) is 5.61. The van der Waals surface area contributed by atoms with Crippen molar-refractivity contribution in [2.75, 3.05) is 32.5 Å². The van der Waals surface area contributed by atoms with Crippen LogP contribution in [0.4, 0.5) is 19.0 Å². The minimum absolute atomic E-state index is 0.126. The smallest absolute Gasteiger partial charge is 0.383 e. The highest BCUT2D eigenvalue weighted by molar-refractivity contribution is 5.63. The number of nitrogens with zero attached hydrogens (tertiary/aromatic N) is 4. The van der Waals surface area contributed by atoms with Crippen LogP contribution in [0.15, 0.2) is 18.3 Å². The molecule has 9 heteroatoms. The molecule has 0 spiro atoms. The number of hydrogen-bond donors (Lipinski definition) is 1. The summed E-state index contributed by atoms with van der Waals surface area (Å²) >= 11 is 0. The number of fused-ring (bicyclic) bond motifs is 1. The maximum absolute atomic E-state index is 13.3. The molecule has 3 fully saturated rings. The Morgan fingerprint density at radius 1 is 1.22 bits per heavy atom. The van der Waals surface area contributed by atoms with Crippen LogP contribution < -0.4 is 5.73 Å². The van der Waals surface area contributed by atoms with E-state index >= 15 is 0 Å². The van der Waals surface area contributed by atoms with Crippen molar-refractivity contribution in [1.29, 1.82) is 0 Å². The molecule has 2 aromatic rings. The van der Waals surface area contributed by atoms with E-state index in [4.69, 9.17) is 10.5 Å². The SMILES string of the molecule is CC(C)n1nc(-c2cnc(N)c(C(F)(F)F)c2)cc1[C@H]1[C@@H]2C[C@H](N(C)CC3COC3)C[C@@H]21. The molecule has 2 aromatic heterocycles. The van der Waals surface area contributed by atoms with Gasteiger partial charge in [-0.05, 0) is 57.7 Å². The minimum atomic E-state index is -4.54. The third-order valence-corrected chi connectivity index (χ3v) is 7.41. The van der Waals surface area contributed by atoms with Gasteiger partial charge in [-0.2, -0.15) is 18.3 Å². The molecule has 3 heterocycles. The molecule has 4 atom stereocenters. The molecule has 1 saturated heterocycles. The zero-order valence-corrected chi connectivity index (χ0v) is 18.6. The number of ether oxygens (including phenoxy) is 1. The van der Waals surface area contributed by atoms with Crippen molar-refractivity contribution < 1.29 is 17.9 Å². The van der Waals surface area contributed by atoms with E-state index in [0.717, 1.165) is 31.5 Å². The molecular weight excluding hydrogens is 419 g/mol. The summed E-state index contributed by atoms with van der Waals surface area (Å²) in [6.45, 7) is 6.95. The van der Waals surface area contributed by atoms with E-state index in [1.807, 2.05) is 10.7 Å². The van der Waals surface area contributed by atoms with Gasteiger partial charge in [-0.1, -0.05) is 0 Å². The first-order valence-corrected chi connectivity index (χ1v) is 11.3. The molecule has 1 aliphatic heterocycles. The topological polar surface area (TPSA) is 69.2 Å². The summed E-state index contributed by atoms with van der Waals surface area (Å²) in [5.74, 6) is 1.83. The van der Waals surface area contributed by atoms with E-state index in [-0.39, 0.29) is 6.04 Å².